The largest absolute Gasteiger partial charge is 0.318 e. The number of hydrogen-bond donors (Lipinski definition) is 0. The van der Waals surface area contributed by atoms with Crippen molar-refractivity contribution in [3.05, 3.63) is 33.8 Å². The number of carbonyl (C=O) groups is 1. The minimum Gasteiger partial charge on any atom is -0.318 e. The quantitative estimate of drug-likeness (QED) is 0.761. The Labute approximate surface area is 104 Å². The number of benzene rings is 1. The van der Waals surface area contributed by atoms with Gasteiger partial charge in [0.1, 0.15) is 11.9 Å². The Morgan fingerprint density at radius 3 is 2.25 bits per heavy atom. The maximum Gasteiger partial charge on any atom is 0.274 e. The summed E-state index contributed by atoms with van der Waals surface area (Å²) in [5, 5.41) is 1.00. The summed E-state index contributed by atoms with van der Waals surface area (Å²) in [5.74, 6) is -0.106. The van der Waals surface area contributed by atoms with Crippen LogP contribution in [0.5, 0.6) is 0 Å². The van der Waals surface area contributed by atoms with Crippen molar-refractivity contribution >= 4 is 34.8 Å². The van der Waals surface area contributed by atoms with Crippen molar-refractivity contribution in [1.29, 1.82) is 0 Å². The van der Waals surface area contributed by atoms with Crippen LogP contribution < -0.4 is 0 Å². The molecule has 84 valence electrons. The molecule has 3 nitrogen and oxygen atoms in total. The molecule has 1 aliphatic heterocycles. The predicted octanol–water partition coefficient (Wildman–Crippen LogP) is 2.60. The summed E-state index contributed by atoms with van der Waals surface area (Å²) in [7, 11) is 1.72. The molecule has 0 radical (unpaired) electrons. The van der Waals surface area contributed by atoms with Gasteiger partial charge in [-0.25, -0.2) is 0 Å². The van der Waals surface area contributed by atoms with E-state index in [0.29, 0.717) is 21.3 Å². The third-order valence-electron chi connectivity index (χ3n) is 2.54. The third kappa shape index (κ3) is 1.93. The van der Waals surface area contributed by atoms with Gasteiger partial charge in [-0.3, -0.25) is 9.79 Å². The Kier molecular flexibility index (Phi) is 2.91. The highest BCUT2D eigenvalue weighted by Gasteiger charge is 2.29. The molecule has 1 heterocycles. The van der Waals surface area contributed by atoms with Crippen molar-refractivity contribution in [2.45, 2.75) is 13.1 Å². The number of carbonyl (C=O) groups excluding carboxylic acids is 1. The van der Waals surface area contributed by atoms with Gasteiger partial charge in [0, 0.05) is 22.7 Å². The Morgan fingerprint density at radius 1 is 1.25 bits per heavy atom. The van der Waals surface area contributed by atoms with Crippen LogP contribution in [0, 0.1) is 0 Å². The van der Waals surface area contributed by atoms with Gasteiger partial charge in [0.05, 0.1) is 0 Å². The number of halogens is 2. The van der Waals surface area contributed by atoms with Crippen LogP contribution in [0.2, 0.25) is 10.0 Å². The van der Waals surface area contributed by atoms with Gasteiger partial charge in [-0.15, -0.1) is 0 Å². The number of hydrogen-bond acceptors (Lipinski definition) is 2. The molecular weight excluding hydrogens is 247 g/mol. The van der Waals surface area contributed by atoms with Crippen molar-refractivity contribution in [3.63, 3.8) is 0 Å². The molecule has 1 aliphatic rings. The second kappa shape index (κ2) is 4.07. The average Bonchev–Trinajstić information content (AvgIpc) is 2.44. The third-order valence-corrected chi connectivity index (χ3v) is 2.97. The van der Waals surface area contributed by atoms with Gasteiger partial charge in [-0.1, -0.05) is 23.2 Å². The average molecular weight is 257 g/mol. The van der Waals surface area contributed by atoms with E-state index >= 15 is 0 Å². The van der Waals surface area contributed by atoms with Gasteiger partial charge < -0.3 is 4.90 Å². The summed E-state index contributed by atoms with van der Waals surface area (Å²) in [6, 6.07) is 5.01. The molecule has 1 aromatic rings. The fourth-order valence-corrected chi connectivity index (χ4v) is 2.08. The number of amides is 1. The summed E-state index contributed by atoms with van der Waals surface area (Å²) in [5.41, 5.74) is 1.08. The van der Waals surface area contributed by atoms with E-state index in [0.717, 1.165) is 0 Å². The van der Waals surface area contributed by atoms with Crippen LogP contribution in [-0.2, 0) is 4.79 Å². The molecule has 0 N–H and O–H groups in total. The van der Waals surface area contributed by atoms with Gasteiger partial charge in [-0.05, 0) is 25.1 Å². The van der Waals surface area contributed by atoms with Crippen LogP contribution in [0.3, 0.4) is 0 Å². The molecule has 1 amide bonds. The molecule has 16 heavy (non-hydrogen) atoms. The predicted molar refractivity (Wildman–Crippen MR) is 65.2 cm³/mol. The van der Waals surface area contributed by atoms with Gasteiger partial charge in [0.25, 0.3) is 5.91 Å². The minimum atomic E-state index is -0.139. The number of nitrogens with zero attached hydrogens (tertiary/aromatic N) is 2. The lowest BCUT2D eigenvalue weighted by atomic mass is 10.1. The molecule has 1 atom stereocenters. The van der Waals surface area contributed by atoms with E-state index in [9.17, 15) is 4.79 Å². The van der Waals surface area contributed by atoms with Gasteiger partial charge in [0.2, 0.25) is 0 Å². The van der Waals surface area contributed by atoms with Crippen molar-refractivity contribution in [3.8, 4) is 0 Å². The zero-order valence-electron chi connectivity index (χ0n) is 8.87. The summed E-state index contributed by atoms with van der Waals surface area (Å²) >= 11 is 11.8. The standard InChI is InChI=1S/C11H10Cl2N2O/c1-6-14-10(11(16)15(6)2)7-3-8(12)5-9(13)4-7/h3-6H,1-2H3. The first-order chi connectivity index (χ1) is 7.49. The second-order valence-corrected chi connectivity index (χ2v) is 4.56. The Bertz CT molecular complexity index is 465. The van der Waals surface area contributed by atoms with Crippen molar-refractivity contribution in [2.75, 3.05) is 7.05 Å². The van der Waals surface area contributed by atoms with E-state index in [2.05, 4.69) is 4.99 Å². The fourth-order valence-electron chi connectivity index (χ4n) is 1.55. The van der Waals surface area contributed by atoms with E-state index in [4.69, 9.17) is 23.2 Å². The molecule has 0 spiro atoms. The van der Waals surface area contributed by atoms with Crippen LogP contribution in [-0.4, -0.2) is 29.7 Å². The van der Waals surface area contributed by atoms with Crippen molar-refractivity contribution in [2.24, 2.45) is 4.99 Å². The maximum absolute atomic E-state index is 11.8. The van der Waals surface area contributed by atoms with Crippen LogP contribution in [0.4, 0.5) is 0 Å². The molecular formula is C11H10Cl2N2O. The van der Waals surface area contributed by atoms with Gasteiger partial charge in [0.15, 0.2) is 0 Å². The topological polar surface area (TPSA) is 32.7 Å². The number of aliphatic imine (C=N–C) groups is 1. The van der Waals surface area contributed by atoms with E-state index in [1.807, 2.05) is 6.92 Å². The van der Waals surface area contributed by atoms with E-state index < -0.39 is 0 Å². The van der Waals surface area contributed by atoms with Crippen molar-refractivity contribution < 1.29 is 4.79 Å². The van der Waals surface area contributed by atoms with Crippen molar-refractivity contribution in [1.82, 2.24) is 4.90 Å². The zero-order chi connectivity index (χ0) is 11.9. The normalized spacial score (nSPS) is 20.2. The maximum atomic E-state index is 11.8. The monoisotopic (exact) mass is 256 g/mol. The highest BCUT2D eigenvalue weighted by molar-refractivity contribution is 6.47. The molecule has 0 fully saturated rings. The Balaban J connectivity index is 2.46. The molecule has 0 aromatic heterocycles. The Hall–Kier alpha value is -1.06. The highest BCUT2D eigenvalue weighted by Crippen LogP contribution is 2.22. The number of likely N-dealkylation sites (N-methyl/N-ethyl adjacent to an activating group) is 1. The molecule has 0 bridgehead atoms. The summed E-state index contributed by atoms with van der Waals surface area (Å²) in [6.45, 7) is 1.86. The first-order valence-electron chi connectivity index (χ1n) is 4.80. The molecule has 0 saturated carbocycles. The van der Waals surface area contributed by atoms with E-state index in [1.54, 1.807) is 30.1 Å². The first kappa shape index (κ1) is 11.4. The van der Waals surface area contributed by atoms with Gasteiger partial charge >= 0.3 is 0 Å². The molecule has 1 unspecified atom stereocenters. The summed E-state index contributed by atoms with van der Waals surface area (Å²) < 4.78 is 0. The first-order valence-corrected chi connectivity index (χ1v) is 5.56. The molecule has 2 rings (SSSR count). The minimum absolute atomic E-state index is 0.106. The zero-order valence-corrected chi connectivity index (χ0v) is 10.4. The smallest absolute Gasteiger partial charge is 0.274 e. The number of rotatable bonds is 1. The summed E-state index contributed by atoms with van der Waals surface area (Å²) in [4.78, 5) is 17.7. The highest BCUT2D eigenvalue weighted by atomic mass is 35.5. The lowest BCUT2D eigenvalue weighted by molar-refractivity contribution is -0.122. The Morgan fingerprint density at radius 2 is 1.81 bits per heavy atom. The molecule has 0 aliphatic carbocycles. The van der Waals surface area contributed by atoms with E-state index in [1.165, 1.54) is 0 Å². The lowest BCUT2D eigenvalue weighted by Crippen LogP contribution is -2.30. The van der Waals surface area contributed by atoms with Crippen LogP contribution in [0.25, 0.3) is 0 Å². The van der Waals surface area contributed by atoms with Crippen LogP contribution >= 0.6 is 23.2 Å². The fraction of sp³-hybridized carbons (Fsp3) is 0.273. The SMILES string of the molecule is CC1N=C(c2cc(Cl)cc(Cl)c2)C(=O)N1C. The second-order valence-electron chi connectivity index (χ2n) is 3.68. The summed E-state index contributed by atoms with van der Waals surface area (Å²) in [6.07, 6.45) is -0.139. The molecule has 5 heteroatoms. The lowest BCUT2D eigenvalue weighted by Gasteiger charge is -2.12. The molecule has 0 saturated heterocycles. The van der Waals surface area contributed by atoms with E-state index in [-0.39, 0.29) is 12.1 Å². The molecule has 1 aromatic carbocycles. The van der Waals surface area contributed by atoms with Gasteiger partial charge in [-0.2, -0.15) is 0 Å². The van der Waals surface area contributed by atoms with Crippen LogP contribution in [0.15, 0.2) is 23.2 Å². The van der Waals surface area contributed by atoms with Crippen LogP contribution in [0.1, 0.15) is 12.5 Å².